The van der Waals surface area contributed by atoms with Crippen LogP contribution in [0.25, 0.3) is 16.8 Å². The summed E-state index contributed by atoms with van der Waals surface area (Å²) in [6.45, 7) is 0. The Morgan fingerprint density at radius 3 is 1.91 bits per heavy atom. The number of hydrogen-bond acceptors (Lipinski definition) is 1. The first kappa shape index (κ1) is 20.3. The van der Waals surface area contributed by atoms with Crippen LogP contribution >= 0.6 is 18.7 Å². The summed E-state index contributed by atoms with van der Waals surface area (Å²) in [7, 11) is -3.14. The zero-order chi connectivity index (χ0) is 22.4. The molecule has 2 nitrogen and oxygen atoms in total. The fraction of sp³-hybridized carbons (Fsp3) is 0.0345. The van der Waals surface area contributed by atoms with E-state index in [2.05, 4.69) is 29.0 Å². The standard InChI is InChI=1S/C29H21ClNOP/c30-23-17-16-22-18-27-29(21-10-4-1-5-11-21)28(20-31(27)26(22)19-23)33(32,24-12-6-2-7-13-24)25-14-8-3-9-15-25/h1-17,19-20H,18H2. The minimum Gasteiger partial charge on any atom is -0.319 e. The summed E-state index contributed by atoms with van der Waals surface area (Å²) in [5.41, 5.74) is 5.58. The molecule has 0 atom stereocenters. The van der Waals surface area contributed by atoms with E-state index in [1.165, 1.54) is 5.56 Å². The van der Waals surface area contributed by atoms with Crippen LogP contribution in [0.3, 0.4) is 0 Å². The summed E-state index contributed by atoms with van der Waals surface area (Å²) < 4.78 is 17.4. The van der Waals surface area contributed by atoms with Crippen LogP contribution < -0.4 is 15.9 Å². The van der Waals surface area contributed by atoms with Gasteiger partial charge in [0.05, 0.1) is 5.69 Å². The molecule has 0 radical (unpaired) electrons. The summed E-state index contributed by atoms with van der Waals surface area (Å²) >= 11 is 6.37. The zero-order valence-corrected chi connectivity index (χ0v) is 19.5. The van der Waals surface area contributed by atoms with Gasteiger partial charge in [-0.3, -0.25) is 0 Å². The molecule has 0 saturated carbocycles. The Labute approximate surface area is 198 Å². The van der Waals surface area contributed by atoms with Crippen molar-refractivity contribution in [1.82, 2.24) is 4.57 Å². The minimum atomic E-state index is -3.14. The lowest BCUT2D eigenvalue weighted by Gasteiger charge is -2.21. The van der Waals surface area contributed by atoms with Gasteiger partial charge in [0.15, 0.2) is 7.14 Å². The second-order valence-electron chi connectivity index (χ2n) is 8.30. The van der Waals surface area contributed by atoms with E-state index in [0.29, 0.717) is 5.02 Å². The Balaban J connectivity index is 1.70. The fourth-order valence-corrected chi connectivity index (χ4v) is 7.93. The zero-order valence-electron chi connectivity index (χ0n) is 17.9. The van der Waals surface area contributed by atoms with Gasteiger partial charge in [-0.05, 0) is 23.3 Å². The molecule has 1 aliphatic rings. The molecule has 0 saturated heterocycles. The van der Waals surface area contributed by atoms with Crippen LogP contribution in [0.1, 0.15) is 11.3 Å². The van der Waals surface area contributed by atoms with Crippen LogP contribution in [0.15, 0.2) is 115 Å². The van der Waals surface area contributed by atoms with E-state index in [0.717, 1.165) is 44.8 Å². The molecule has 160 valence electrons. The predicted molar refractivity (Wildman–Crippen MR) is 138 cm³/mol. The van der Waals surface area contributed by atoms with Gasteiger partial charge in [-0.1, -0.05) is 109 Å². The van der Waals surface area contributed by atoms with Gasteiger partial charge in [0, 0.05) is 44.8 Å². The average molecular weight is 466 g/mol. The molecule has 0 bridgehead atoms. The molecule has 5 aromatic rings. The highest BCUT2D eigenvalue weighted by molar-refractivity contribution is 7.85. The Hall–Kier alpha value is -3.32. The molecule has 1 aromatic heterocycles. The topological polar surface area (TPSA) is 22.0 Å². The van der Waals surface area contributed by atoms with E-state index in [1.54, 1.807) is 0 Å². The van der Waals surface area contributed by atoms with Gasteiger partial charge in [0.25, 0.3) is 0 Å². The molecule has 0 amide bonds. The summed E-state index contributed by atoms with van der Waals surface area (Å²) in [5, 5.41) is 3.24. The molecule has 0 unspecified atom stereocenters. The third kappa shape index (κ3) is 3.22. The second kappa shape index (κ2) is 7.92. The SMILES string of the molecule is O=P(c1ccccc1)(c1ccccc1)c1cn2c(c1-c1ccccc1)Cc1ccc(Cl)cc1-2. The number of hydrogen-bond donors (Lipinski definition) is 0. The highest BCUT2D eigenvalue weighted by atomic mass is 35.5. The summed E-state index contributed by atoms with van der Waals surface area (Å²) in [5.74, 6) is 0. The molecule has 0 N–H and O–H groups in total. The molecular weight excluding hydrogens is 445 g/mol. The van der Waals surface area contributed by atoms with Gasteiger partial charge in [-0.15, -0.1) is 0 Å². The third-order valence-electron chi connectivity index (χ3n) is 6.39. The van der Waals surface area contributed by atoms with E-state index in [1.807, 2.05) is 91.0 Å². The molecule has 6 rings (SSSR count). The molecule has 4 aromatic carbocycles. The Morgan fingerprint density at radius 2 is 1.30 bits per heavy atom. The molecule has 0 spiro atoms. The lowest BCUT2D eigenvalue weighted by atomic mass is 10.0. The van der Waals surface area contributed by atoms with Gasteiger partial charge in [-0.25, -0.2) is 0 Å². The Morgan fingerprint density at radius 1 is 0.727 bits per heavy atom. The van der Waals surface area contributed by atoms with Gasteiger partial charge in [0.2, 0.25) is 0 Å². The maximum Gasteiger partial charge on any atom is 0.173 e. The van der Waals surface area contributed by atoms with Gasteiger partial charge in [-0.2, -0.15) is 0 Å². The predicted octanol–water partition coefficient (Wildman–Crippen LogP) is 6.34. The quantitative estimate of drug-likeness (QED) is 0.278. The summed E-state index contributed by atoms with van der Waals surface area (Å²) in [4.78, 5) is 0. The lowest BCUT2D eigenvalue weighted by Crippen LogP contribution is -2.25. The highest BCUT2D eigenvalue weighted by Gasteiger charge is 2.37. The number of nitrogens with zero attached hydrogens (tertiary/aromatic N) is 1. The maximum atomic E-state index is 15.3. The number of benzene rings is 4. The normalized spacial score (nSPS) is 12.4. The number of rotatable bonds is 4. The number of aromatic nitrogens is 1. The minimum absolute atomic E-state index is 0.701. The third-order valence-corrected chi connectivity index (χ3v) is 9.70. The van der Waals surface area contributed by atoms with Crippen LogP contribution in [0, 0.1) is 0 Å². The molecule has 33 heavy (non-hydrogen) atoms. The van der Waals surface area contributed by atoms with Crippen LogP contribution in [0.5, 0.6) is 0 Å². The van der Waals surface area contributed by atoms with Crippen molar-refractivity contribution in [2.75, 3.05) is 0 Å². The van der Waals surface area contributed by atoms with Crippen molar-refractivity contribution >= 4 is 34.7 Å². The monoisotopic (exact) mass is 465 g/mol. The number of halogens is 1. The molecule has 0 aliphatic carbocycles. The van der Waals surface area contributed by atoms with E-state index in [-0.39, 0.29) is 0 Å². The Bertz CT molecular complexity index is 1460. The molecular formula is C29H21ClNOP. The van der Waals surface area contributed by atoms with Crippen LogP contribution in [-0.2, 0) is 11.0 Å². The van der Waals surface area contributed by atoms with E-state index >= 15 is 4.57 Å². The van der Waals surface area contributed by atoms with Gasteiger partial charge < -0.3 is 9.13 Å². The molecule has 1 aliphatic heterocycles. The van der Waals surface area contributed by atoms with Gasteiger partial charge >= 0.3 is 0 Å². The van der Waals surface area contributed by atoms with Gasteiger partial charge in [0.1, 0.15) is 0 Å². The molecule has 4 heteroatoms. The average Bonchev–Trinajstić information content (AvgIpc) is 3.41. The smallest absolute Gasteiger partial charge is 0.173 e. The molecule has 2 heterocycles. The van der Waals surface area contributed by atoms with Crippen molar-refractivity contribution in [2.45, 2.75) is 6.42 Å². The van der Waals surface area contributed by atoms with Crippen LogP contribution in [0.2, 0.25) is 5.02 Å². The fourth-order valence-electron chi connectivity index (χ4n) is 4.87. The van der Waals surface area contributed by atoms with Crippen molar-refractivity contribution in [2.24, 2.45) is 0 Å². The van der Waals surface area contributed by atoms with Crippen molar-refractivity contribution in [1.29, 1.82) is 0 Å². The summed E-state index contributed by atoms with van der Waals surface area (Å²) in [6, 6.07) is 36.1. The lowest BCUT2D eigenvalue weighted by molar-refractivity contribution is 0.592. The summed E-state index contributed by atoms with van der Waals surface area (Å²) in [6.07, 6.45) is 2.86. The van der Waals surface area contributed by atoms with Crippen molar-refractivity contribution in [3.05, 3.63) is 132 Å². The van der Waals surface area contributed by atoms with E-state index < -0.39 is 7.14 Å². The van der Waals surface area contributed by atoms with Crippen molar-refractivity contribution in [3.8, 4) is 16.8 Å². The Kier molecular flexibility index (Phi) is 4.87. The first-order valence-corrected chi connectivity index (χ1v) is 13.0. The van der Waals surface area contributed by atoms with Crippen molar-refractivity contribution in [3.63, 3.8) is 0 Å². The van der Waals surface area contributed by atoms with Crippen LogP contribution in [-0.4, -0.2) is 4.57 Å². The van der Waals surface area contributed by atoms with Crippen LogP contribution in [0.4, 0.5) is 0 Å². The first-order valence-electron chi connectivity index (χ1n) is 11.0. The second-order valence-corrected chi connectivity index (χ2v) is 11.5. The highest BCUT2D eigenvalue weighted by Crippen LogP contribution is 2.48. The van der Waals surface area contributed by atoms with E-state index in [4.69, 9.17) is 11.6 Å². The number of fused-ring (bicyclic) bond motifs is 3. The largest absolute Gasteiger partial charge is 0.319 e. The van der Waals surface area contributed by atoms with E-state index in [9.17, 15) is 0 Å². The van der Waals surface area contributed by atoms with Crippen molar-refractivity contribution < 1.29 is 4.57 Å². The first-order chi connectivity index (χ1) is 16.2. The maximum absolute atomic E-state index is 15.3. The molecule has 0 fully saturated rings.